The lowest BCUT2D eigenvalue weighted by atomic mass is 9.76. The zero-order chi connectivity index (χ0) is 18.4. The Morgan fingerprint density at radius 2 is 1.67 bits per heavy atom. The van der Waals surface area contributed by atoms with Gasteiger partial charge < -0.3 is 5.32 Å². The van der Waals surface area contributed by atoms with E-state index in [0.717, 1.165) is 12.0 Å². The number of hydrogen-bond donors (Lipinski definition) is 1. The summed E-state index contributed by atoms with van der Waals surface area (Å²) in [5.74, 6) is 0.837. The molecule has 0 unspecified atom stereocenters. The highest BCUT2D eigenvalue weighted by molar-refractivity contribution is 6.42. The Balaban J connectivity index is 1.59. The van der Waals surface area contributed by atoms with E-state index >= 15 is 0 Å². The van der Waals surface area contributed by atoms with Crippen molar-refractivity contribution in [3.05, 3.63) is 100 Å². The first-order valence-corrected chi connectivity index (χ1v) is 10.0. The number of benzene rings is 3. The van der Waals surface area contributed by atoms with E-state index in [0.29, 0.717) is 21.9 Å². The second-order valence-electron chi connectivity index (χ2n) is 7.29. The Morgan fingerprint density at radius 3 is 2.52 bits per heavy atom. The van der Waals surface area contributed by atoms with Gasteiger partial charge in [0.1, 0.15) is 0 Å². The molecule has 1 aliphatic heterocycles. The molecule has 0 bridgehead atoms. The Kier molecular flexibility index (Phi) is 4.22. The van der Waals surface area contributed by atoms with E-state index in [-0.39, 0.29) is 6.04 Å². The van der Waals surface area contributed by atoms with Crippen LogP contribution in [0.1, 0.15) is 29.5 Å². The summed E-state index contributed by atoms with van der Waals surface area (Å²) in [4.78, 5) is 0. The van der Waals surface area contributed by atoms with E-state index in [1.807, 2.05) is 12.1 Å². The molecule has 134 valence electrons. The van der Waals surface area contributed by atoms with Gasteiger partial charge in [-0.25, -0.2) is 0 Å². The lowest BCUT2D eigenvalue weighted by Gasteiger charge is -2.38. The minimum Gasteiger partial charge on any atom is -0.378 e. The van der Waals surface area contributed by atoms with Crippen molar-refractivity contribution >= 4 is 28.9 Å². The van der Waals surface area contributed by atoms with Gasteiger partial charge in [-0.3, -0.25) is 0 Å². The van der Waals surface area contributed by atoms with Crippen LogP contribution in [0.3, 0.4) is 0 Å². The summed E-state index contributed by atoms with van der Waals surface area (Å²) in [7, 11) is 0. The smallest absolute Gasteiger partial charge is 0.0645 e. The Morgan fingerprint density at radius 1 is 0.815 bits per heavy atom. The van der Waals surface area contributed by atoms with Gasteiger partial charge in [0.05, 0.1) is 16.1 Å². The van der Waals surface area contributed by atoms with E-state index in [2.05, 4.69) is 72.1 Å². The number of halogens is 2. The SMILES string of the molecule is Clc1cccc([C@@H]2Nc3ccc(-c4ccccc4)cc3[C@H]3C=CC[C@H]32)c1Cl. The zero-order valence-electron chi connectivity index (χ0n) is 14.7. The molecule has 1 nitrogen and oxygen atoms in total. The van der Waals surface area contributed by atoms with Crippen LogP contribution in [-0.4, -0.2) is 0 Å². The zero-order valence-corrected chi connectivity index (χ0v) is 16.2. The van der Waals surface area contributed by atoms with Crippen LogP contribution in [0.15, 0.2) is 78.9 Å². The van der Waals surface area contributed by atoms with Crippen LogP contribution in [0.25, 0.3) is 11.1 Å². The molecule has 0 fully saturated rings. The van der Waals surface area contributed by atoms with Crippen molar-refractivity contribution in [2.45, 2.75) is 18.4 Å². The van der Waals surface area contributed by atoms with Gasteiger partial charge in [0.2, 0.25) is 0 Å². The third-order valence-electron chi connectivity index (χ3n) is 5.79. The molecule has 3 atom stereocenters. The van der Waals surface area contributed by atoms with Crippen molar-refractivity contribution in [1.29, 1.82) is 0 Å². The summed E-state index contributed by atoms with van der Waals surface area (Å²) in [5, 5.41) is 5.02. The van der Waals surface area contributed by atoms with E-state index in [4.69, 9.17) is 23.2 Å². The fourth-order valence-corrected chi connectivity index (χ4v) is 4.90. The van der Waals surface area contributed by atoms with Gasteiger partial charge in [0.15, 0.2) is 0 Å². The van der Waals surface area contributed by atoms with Crippen LogP contribution in [0.2, 0.25) is 10.0 Å². The molecule has 0 amide bonds. The second kappa shape index (κ2) is 6.74. The van der Waals surface area contributed by atoms with Crippen molar-refractivity contribution in [3.8, 4) is 11.1 Å². The van der Waals surface area contributed by atoms with Crippen LogP contribution in [0.5, 0.6) is 0 Å². The summed E-state index contributed by atoms with van der Waals surface area (Å²) in [6.07, 6.45) is 5.69. The first-order chi connectivity index (χ1) is 13.2. The molecule has 0 saturated carbocycles. The van der Waals surface area contributed by atoms with Gasteiger partial charge >= 0.3 is 0 Å². The number of rotatable bonds is 2. The van der Waals surface area contributed by atoms with Crippen LogP contribution >= 0.6 is 23.2 Å². The summed E-state index contributed by atoms with van der Waals surface area (Å²) in [5.41, 5.74) is 6.14. The predicted octanol–water partition coefficient (Wildman–Crippen LogP) is 7.49. The maximum atomic E-state index is 6.56. The fourth-order valence-electron chi connectivity index (χ4n) is 4.47. The minimum atomic E-state index is 0.159. The van der Waals surface area contributed by atoms with Gasteiger partial charge in [-0.1, -0.05) is 83.9 Å². The highest BCUT2D eigenvalue weighted by Crippen LogP contribution is 2.51. The third-order valence-corrected chi connectivity index (χ3v) is 6.62. The van der Waals surface area contributed by atoms with Crippen LogP contribution in [0, 0.1) is 5.92 Å². The predicted molar refractivity (Wildman–Crippen MR) is 115 cm³/mol. The Hall–Kier alpha value is -2.22. The normalized spacial score (nSPS) is 22.8. The number of hydrogen-bond acceptors (Lipinski definition) is 1. The fraction of sp³-hybridized carbons (Fsp3) is 0.167. The van der Waals surface area contributed by atoms with Gasteiger partial charge in [0, 0.05) is 11.6 Å². The first kappa shape index (κ1) is 16.9. The summed E-state index contributed by atoms with van der Waals surface area (Å²) in [6, 6.07) is 23.4. The average Bonchev–Trinajstić information content (AvgIpc) is 3.20. The van der Waals surface area contributed by atoms with Crippen molar-refractivity contribution in [2.24, 2.45) is 5.92 Å². The molecule has 0 radical (unpaired) electrons. The number of allylic oxidation sites excluding steroid dienone is 2. The molecule has 1 heterocycles. The molecule has 1 aliphatic carbocycles. The molecule has 2 aliphatic rings. The molecule has 3 aromatic carbocycles. The largest absolute Gasteiger partial charge is 0.378 e. The van der Waals surface area contributed by atoms with Crippen molar-refractivity contribution in [2.75, 3.05) is 5.32 Å². The molecular weight excluding hydrogens is 373 g/mol. The molecule has 3 heteroatoms. The maximum absolute atomic E-state index is 6.56. The Labute approximate surface area is 169 Å². The summed E-state index contributed by atoms with van der Waals surface area (Å²) in [6.45, 7) is 0. The highest BCUT2D eigenvalue weighted by atomic mass is 35.5. The van der Waals surface area contributed by atoms with E-state index in [1.54, 1.807) is 0 Å². The van der Waals surface area contributed by atoms with Crippen molar-refractivity contribution < 1.29 is 0 Å². The van der Waals surface area contributed by atoms with Crippen LogP contribution in [-0.2, 0) is 0 Å². The second-order valence-corrected chi connectivity index (χ2v) is 8.07. The molecule has 1 N–H and O–H groups in total. The molecule has 0 spiro atoms. The van der Waals surface area contributed by atoms with Gasteiger partial charge in [-0.05, 0) is 52.8 Å². The van der Waals surface area contributed by atoms with E-state index < -0.39 is 0 Å². The average molecular weight is 392 g/mol. The number of anilines is 1. The van der Waals surface area contributed by atoms with E-state index in [1.165, 1.54) is 22.4 Å². The number of nitrogens with one attached hydrogen (secondary N) is 1. The lowest BCUT2D eigenvalue weighted by molar-refractivity contribution is 0.426. The minimum absolute atomic E-state index is 0.159. The molecule has 5 rings (SSSR count). The highest BCUT2D eigenvalue weighted by Gasteiger charge is 2.38. The monoisotopic (exact) mass is 391 g/mol. The third kappa shape index (κ3) is 2.86. The molecule has 0 aromatic heterocycles. The molecular formula is C24H19Cl2N. The Bertz CT molecular complexity index is 1030. The van der Waals surface area contributed by atoms with Gasteiger partial charge in [0.25, 0.3) is 0 Å². The summed E-state index contributed by atoms with van der Waals surface area (Å²) < 4.78 is 0. The standard InChI is InChI=1S/C24H19Cl2N/c25-21-11-5-10-19(23(21)26)24-18-9-4-8-17(18)20-14-16(12-13-22(20)27-24)15-6-2-1-3-7-15/h1-8,10-14,17-18,24,27H,9H2/t17-,18+,24+/m0/s1. The van der Waals surface area contributed by atoms with Gasteiger partial charge in [-0.2, -0.15) is 0 Å². The molecule has 3 aromatic rings. The topological polar surface area (TPSA) is 12.0 Å². The first-order valence-electron chi connectivity index (χ1n) is 9.29. The van der Waals surface area contributed by atoms with Crippen LogP contribution < -0.4 is 5.32 Å². The lowest BCUT2D eigenvalue weighted by Crippen LogP contribution is -2.29. The van der Waals surface area contributed by atoms with Crippen molar-refractivity contribution in [3.63, 3.8) is 0 Å². The summed E-state index contributed by atoms with van der Waals surface area (Å²) >= 11 is 12.8. The molecule has 27 heavy (non-hydrogen) atoms. The van der Waals surface area contributed by atoms with Crippen molar-refractivity contribution in [1.82, 2.24) is 0 Å². The number of fused-ring (bicyclic) bond motifs is 3. The van der Waals surface area contributed by atoms with Gasteiger partial charge in [-0.15, -0.1) is 0 Å². The van der Waals surface area contributed by atoms with Crippen LogP contribution in [0.4, 0.5) is 5.69 Å². The maximum Gasteiger partial charge on any atom is 0.0645 e. The quantitative estimate of drug-likeness (QED) is 0.446. The molecule has 0 saturated heterocycles. The van der Waals surface area contributed by atoms with E-state index in [9.17, 15) is 0 Å².